The number of rotatable bonds is 2. The smallest absolute Gasteiger partial charge is 0.253 e. The predicted molar refractivity (Wildman–Crippen MR) is 78.0 cm³/mol. The van der Waals surface area contributed by atoms with Crippen LogP contribution in [0, 0.1) is 5.92 Å². The summed E-state index contributed by atoms with van der Waals surface area (Å²) in [4.78, 5) is 14.5. The molecular formula is C16H22N2O2. The number of fused-ring (bicyclic) bond motifs is 1. The second-order valence-corrected chi connectivity index (χ2v) is 5.76. The van der Waals surface area contributed by atoms with Crippen molar-refractivity contribution in [2.24, 2.45) is 5.92 Å². The molecule has 2 aliphatic heterocycles. The summed E-state index contributed by atoms with van der Waals surface area (Å²) in [5, 5.41) is 3.58. The molecule has 1 N–H and O–H groups in total. The molecule has 1 aromatic rings. The van der Waals surface area contributed by atoms with Crippen molar-refractivity contribution in [3.05, 3.63) is 29.8 Å². The zero-order valence-corrected chi connectivity index (χ0v) is 12.0. The van der Waals surface area contributed by atoms with Gasteiger partial charge in [-0.3, -0.25) is 4.79 Å². The number of hydrogen-bond donors (Lipinski definition) is 1. The zero-order valence-electron chi connectivity index (χ0n) is 12.0. The van der Waals surface area contributed by atoms with E-state index in [1.165, 1.54) is 19.3 Å². The molecule has 0 saturated carbocycles. The Morgan fingerprint density at radius 2 is 2.05 bits per heavy atom. The van der Waals surface area contributed by atoms with E-state index in [4.69, 9.17) is 4.74 Å². The molecule has 0 bridgehead atoms. The third-order valence-electron chi connectivity index (χ3n) is 4.47. The van der Waals surface area contributed by atoms with E-state index in [1.54, 1.807) is 7.11 Å². The van der Waals surface area contributed by atoms with Crippen LogP contribution in [0.3, 0.4) is 0 Å². The van der Waals surface area contributed by atoms with Gasteiger partial charge in [-0.15, -0.1) is 0 Å². The molecular weight excluding hydrogens is 252 g/mol. The average molecular weight is 274 g/mol. The topological polar surface area (TPSA) is 41.6 Å². The molecule has 2 aliphatic rings. The molecule has 2 heterocycles. The van der Waals surface area contributed by atoms with Crippen molar-refractivity contribution >= 4 is 5.91 Å². The average Bonchev–Trinajstić information content (AvgIpc) is 2.77. The fourth-order valence-electron chi connectivity index (χ4n) is 3.30. The van der Waals surface area contributed by atoms with Gasteiger partial charge in [0.05, 0.1) is 7.11 Å². The van der Waals surface area contributed by atoms with Crippen molar-refractivity contribution in [1.82, 2.24) is 10.2 Å². The Bertz CT molecular complexity index is 458. The fourth-order valence-corrected chi connectivity index (χ4v) is 3.30. The highest BCUT2D eigenvalue weighted by Gasteiger charge is 2.35. The van der Waals surface area contributed by atoms with Gasteiger partial charge in [-0.1, -0.05) is 6.42 Å². The van der Waals surface area contributed by atoms with Gasteiger partial charge in [-0.05, 0) is 49.6 Å². The van der Waals surface area contributed by atoms with Crippen molar-refractivity contribution in [3.8, 4) is 5.75 Å². The zero-order chi connectivity index (χ0) is 13.9. The van der Waals surface area contributed by atoms with Crippen molar-refractivity contribution < 1.29 is 9.53 Å². The van der Waals surface area contributed by atoms with E-state index < -0.39 is 0 Å². The summed E-state index contributed by atoms with van der Waals surface area (Å²) in [5.41, 5.74) is 0.752. The summed E-state index contributed by atoms with van der Waals surface area (Å²) in [5.74, 6) is 1.55. The van der Waals surface area contributed by atoms with Crippen molar-refractivity contribution in [3.63, 3.8) is 0 Å². The molecule has 108 valence electrons. The van der Waals surface area contributed by atoms with Crippen LogP contribution in [0.15, 0.2) is 24.3 Å². The number of carbonyl (C=O) groups is 1. The summed E-state index contributed by atoms with van der Waals surface area (Å²) in [6, 6.07) is 7.88. The molecule has 0 radical (unpaired) electrons. The van der Waals surface area contributed by atoms with E-state index in [2.05, 4.69) is 5.32 Å². The van der Waals surface area contributed by atoms with Crippen LogP contribution in [0.1, 0.15) is 29.6 Å². The number of likely N-dealkylation sites (tertiary alicyclic amines) is 1. The van der Waals surface area contributed by atoms with Gasteiger partial charge in [0, 0.05) is 24.7 Å². The molecule has 0 aromatic heterocycles. The van der Waals surface area contributed by atoms with E-state index in [9.17, 15) is 4.79 Å². The largest absolute Gasteiger partial charge is 0.497 e. The van der Waals surface area contributed by atoms with Crippen LogP contribution >= 0.6 is 0 Å². The van der Waals surface area contributed by atoms with Crippen LogP contribution in [0.2, 0.25) is 0 Å². The second kappa shape index (κ2) is 5.83. The highest BCUT2D eigenvalue weighted by atomic mass is 16.5. The molecule has 0 unspecified atom stereocenters. The van der Waals surface area contributed by atoms with E-state index in [0.29, 0.717) is 12.0 Å². The third kappa shape index (κ3) is 2.66. The molecule has 2 fully saturated rings. The normalized spacial score (nSPS) is 25.9. The first-order valence-corrected chi connectivity index (χ1v) is 7.44. The van der Waals surface area contributed by atoms with E-state index in [1.807, 2.05) is 29.2 Å². The van der Waals surface area contributed by atoms with Crippen LogP contribution < -0.4 is 10.1 Å². The van der Waals surface area contributed by atoms with Gasteiger partial charge in [-0.25, -0.2) is 0 Å². The summed E-state index contributed by atoms with van der Waals surface area (Å²) in [7, 11) is 1.64. The van der Waals surface area contributed by atoms with E-state index >= 15 is 0 Å². The van der Waals surface area contributed by atoms with Gasteiger partial charge >= 0.3 is 0 Å². The standard InChI is InChI=1S/C16H22N2O2/c1-20-14-7-5-12(6-8-14)16(19)18-10-13-4-2-3-9-17-15(13)11-18/h5-8,13,15,17H,2-4,9-11H2,1H3/t13-,15+/m0/s1. The molecule has 0 aliphatic carbocycles. The van der Waals surface area contributed by atoms with Gasteiger partial charge in [0.2, 0.25) is 0 Å². The van der Waals surface area contributed by atoms with Crippen LogP contribution in [-0.4, -0.2) is 43.6 Å². The predicted octanol–water partition coefficient (Wildman–Crippen LogP) is 1.91. The fraction of sp³-hybridized carbons (Fsp3) is 0.562. The monoisotopic (exact) mass is 274 g/mol. The van der Waals surface area contributed by atoms with Crippen LogP contribution in [-0.2, 0) is 0 Å². The quantitative estimate of drug-likeness (QED) is 0.895. The highest BCUT2D eigenvalue weighted by molar-refractivity contribution is 5.94. The maximum Gasteiger partial charge on any atom is 0.253 e. The molecule has 2 atom stereocenters. The minimum absolute atomic E-state index is 0.141. The lowest BCUT2D eigenvalue weighted by atomic mass is 9.99. The Hall–Kier alpha value is -1.55. The number of nitrogens with one attached hydrogen (secondary N) is 1. The summed E-state index contributed by atoms with van der Waals surface area (Å²) in [6.45, 7) is 2.82. The lowest BCUT2D eigenvalue weighted by Crippen LogP contribution is -2.36. The molecule has 2 saturated heterocycles. The number of hydrogen-bond acceptors (Lipinski definition) is 3. The van der Waals surface area contributed by atoms with Crippen molar-refractivity contribution in [2.75, 3.05) is 26.7 Å². The Labute approximate surface area is 120 Å². The third-order valence-corrected chi connectivity index (χ3v) is 4.47. The summed E-state index contributed by atoms with van der Waals surface area (Å²) in [6.07, 6.45) is 3.78. The van der Waals surface area contributed by atoms with Crippen LogP contribution in [0.5, 0.6) is 5.75 Å². The number of carbonyl (C=O) groups excluding carboxylic acids is 1. The SMILES string of the molecule is COc1ccc(C(=O)N2C[C@@H]3CCCCN[C@@H]3C2)cc1. The molecule has 4 heteroatoms. The number of benzene rings is 1. The number of amides is 1. The highest BCUT2D eigenvalue weighted by Crippen LogP contribution is 2.26. The maximum absolute atomic E-state index is 12.5. The first-order valence-electron chi connectivity index (χ1n) is 7.44. The Morgan fingerprint density at radius 1 is 1.25 bits per heavy atom. The molecule has 20 heavy (non-hydrogen) atoms. The van der Waals surface area contributed by atoms with Crippen molar-refractivity contribution in [2.45, 2.75) is 25.3 Å². The van der Waals surface area contributed by atoms with Crippen LogP contribution in [0.25, 0.3) is 0 Å². The van der Waals surface area contributed by atoms with Gasteiger partial charge in [0.25, 0.3) is 5.91 Å². The van der Waals surface area contributed by atoms with Crippen molar-refractivity contribution in [1.29, 1.82) is 0 Å². The van der Waals surface area contributed by atoms with E-state index in [-0.39, 0.29) is 5.91 Å². The molecule has 3 rings (SSSR count). The second-order valence-electron chi connectivity index (χ2n) is 5.76. The molecule has 1 aromatic carbocycles. The minimum atomic E-state index is 0.141. The summed E-state index contributed by atoms with van der Waals surface area (Å²) < 4.78 is 5.13. The van der Waals surface area contributed by atoms with Gasteiger partial charge in [0.1, 0.15) is 5.75 Å². The van der Waals surface area contributed by atoms with Gasteiger partial charge < -0.3 is 15.0 Å². The maximum atomic E-state index is 12.5. The van der Waals surface area contributed by atoms with Crippen LogP contribution in [0.4, 0.5) is 0 Å². The summed E-state index contributed by atoms with van der Waals surface area (Å²) >= 11 is 0. The Kier molecular flexibility index (Phi) is 3.92. The molecule has 0 spiro atoms. The van der Waals surface area contributed by atoms with Gasteiger partial charge in [0.15, 0.2) is 0 Å². The number of ether oxygens (including phenoxy) is 1. The van der Waals surface area contributed by atoms with E-state index in [0.717, 1.165) is 30.9 Å². The molecule has 1 amide bonds. The lowest BCUT2D eigenvalue weighted by molar-refractivity contribution is 0.0784. The molecule has 4 nitrogen and oxygen atoms in total. The minimum Gasteiger partial charge on any atom is -0.497 e. The van der Waals surface area contributed by atoms with Gasteiger partial charge in [-0.2, -0.15) is 0 Å². The number of nitrogens with zero attached hydrogens (tertiary/aromatic N) is 1. The Balaban J connectivity index is 1.68. The lowest BCUT2D eigenvalue weighted by Gasteiger charge is -2.17. The first kappa shape index (κ1) is 13.4. The Morgan fingerprint density at radius 3 is 2.80 bits per heavy atom. The number of methoxy groups -OCH3 is 1. The first-order chi connectivity index (χ1) is 9.78.